The van der Waals surface area contributed by atoms with Gasteiger partial charge in [-0.15, -0.1) is 24.0 Å². The molecule has 26 heavy (non-hydrogen) atoms. The first-order chi connectivity index (χ1) is 12.2. The number of ether oxygens (including phenoxy) is 2. The van der Waals surface area contributed by atoms with Gasteiger partial charge in [-0.3, -0.25) is 4.99 Å². The molecule has 0 amide bonds. The Morgan fingerprint density at radius 3 is 2.69 bits per heavy atom. The van der Waals surface area contributed by atoms with Crippen LogP contribution >= 0.6 is 35.7 Å². The Balaban J connectivity index is 0.00000338. The van der Waals surface area contributed by atoms with Crippen LogP contribution in [0.25, 0.3) is 0 Å². The normalized spacial score (nSPS) is 19.6. The average molecular weight is 493 g/mol. The molecular weight excluding hydrogens is 461 g/mol. The zero-order chi connectivity index (χ0) is 18.1. The molecule has 0 bridgehead atoms. The van der Waals surface area contributed by atoms with Gasteiger partial charge in [-0.25, -0.2) is 0 Å². The minimum atomic E-state index is 0. The molecule has 1 saturated carbocycles. The van der Waals surface area contributed by atoms with E-state index in [-0.39, 0.29) is 24.0 Å². The molecule has 1 fully saturated rings. The zero-order valence-electron chi connectivity index (χ0n) is 16.2. The van der Waals surface area contributed by atoms with Crippen LogP contribution in [0.5, 0.6) is 11.5 Å². The second-order valence-electron chi connectivity index (χ2n) is 6.20. The fraction of sp³-hybridized carbons (Fsp3) is 0.632. The third kappa shape index (κ3) is 7.06. The number of nitrogens with zero attached hydrogens (tertiary/aromatic N) is 1. The highest BCUT2D eigenvalue weighted by Crippen LogP contribution is 2.28. The van der Waals surface area contributed by atoms with Crippen LogP contribution in [0.4, 0.5) is 0 Å². The quantitative estimate of drug-likeness (QED) is 0.329. The van der Waals surface area contributed by atoms with E-state index in [2.05, 4.69) is 23.8 Å². The summed E-state index contributed by atoms with van der Waals surface area (Å²) in [6.07, 6.45) is 6.75. The Labute approximate surface area is 179 Å². The molecule has 0 aromatic heterocycles. The first-order valence-corrected chi connectivity index (χ1v) is 10.3. The topological polar surface area (TPSA) is 54.9 Å². The van der Waals surface area contributed by atoms with E-state index in [0.29, 0.717) is 12.6 Å². The van der Waals surface area contributed by atoms with Crippen molar-refractivity contribution in [1.82, 2.24) is 10.6 Å². The predicted molar refractivity (Wildman–Crippen MR) is 123 cm³/mol. The first kappa shape index (κ1) is 23.2. The fourth-order valence-corrected chi connectivity index (χ4v) is 3.96. The number of thioether (sulfide) groups is 1. The number of benzene rings is 1. The highest BCUT2D eigenvalue weighted by molar-refractivity contribution is 14.0. The molecule has 2 rings (SSSR count). The lowest BCUT2D eigenvalue weighted by Gasteiger charge is -2.17. The SMILES string of the molecule is CCNC(=NCCc1cc(OC)ccc1OC)NC1CCC(SC)C1.I. The van der Waals surface area contributed by atoms with Crippen molar-refractivity contribution in [3.63, 3.8) is 0 Å². The Morgan fingerprint density at radius 1 is 1.27 bits per heavy atom. The molecule has 1 aromatic rings. The van der Waals surface area contributed by atoms with Crippen molar-refractivity contribution in [3.05, 3.63) is 23.8 Å². The molecule has 1 aromatic carbocycles. The summed E-state index contributed by atoms with van der Waals surface area (Å²) >= 11 is 1.97. The Hall–Kier alpha value is -0.830. The molecule has 0 heterocycles. The van der Waals surface area contributed by atoms with E-state index in [4.69, 9.17) is 14.5 Å². The van der Waals surface area contributed by atoms with Gasteiger partial charge < -0.3 is 20.1 Å². The van der Waals surface area contributed by atoms with Gasteiger partial charge in [-0.05, 0) is 62.6 Å². The summed E-state index contributed by atoms with van der Waals surface area (Å²) in [6, 6.07) is 6.41. The average Bonchev–Trinajstić information content (AvgIpc) is 3.09. The van der Waals surface area contributed by atoms with E-state index < -0.39 is 0 Å². The van der Waals surface area contributed by atoms with Gasteiger partial charge in [-0.1, -0.05) is 0 Å². The number of hydrogen-bond acceptors (Lipinski definition) is 4. The lowest BCUT2D eigenvalue weighted by Crippen LogP contribution is -2.42. The van der Waals surface area contributed by atoms with Gasteiger partial charge in [0.05, 0.1) is 14.2 Å². The number of rotatable bonds is 8. The number of guanidine groups is 1. The van der Waals surface area contributed by atoms with Crippen molar-refractivity contribution in [1.29, 1.82) is 0 Å². The monoisotopic (exact) mass is 493 g/mol. The summed E-state index contributed by atoms with van der Waals surface area (Å²) in [7, 11) is 3.38. The van der Waals surface area contributed by atoms with Crippen LogP contribution in [0.1, 0.15) is 31.7 Å². The van der Waals surface area contributed by atoms with Crippen LogP contribution in [0.2, 0.25) is 0 Å². The second kappa shape index (κ2) is 12.5. The Kier molecular flexibility index (Phi) is 11.2. The lowest BCUT2D eigenvalue weighted by molar-refractivity contribution is 0.399. The van der Waals surface area contributed by atoms with E-state index in [1.165, 1.54) is 19.3 Å². The van der Waals surface area contributed by atoms with Crippen LogP contribution in [0, 0.1) is 0 Å². The van der Waals surface area contributed by atoms with Crippen LogP contribution < -0.4 is 20.1 Å². The predicted octanol–water partition coefficient (Wildman–Crippen LogP) is 3.70. The van der Waals surface area contributed by atoms with Crippen molar-refractivity contribution in [2.45, 2.75) is 43.9 Å². The third-order valence-electron chi connectivity index (χ3n) is 4.54. The summed E-state index contributed by atoms with van der Waals surface area (Å²) in [5.74, 6) is 2.64. The molecule has 2 N–H and O–H groups in total. The number of aliphatic imine (C=N–C) groups is 1. The fourth-order valence-electron chi connectivity index (χ4n) is 3.16. The molecule has 2 atom stereocenters. The lowest BCUT2D eigenvalue weighted by atomic mass is 10.1. The summed E-state index contributed by atoms with van der Waals surface area (Å²) in [5.41, 5.74) is 1.12. The molecule has 1 aliphatic rings. The summed E-state index contributed by atoms with van der Waals surface area (Å²) in [6.45, 7) is 3.67. The van der Waals surface area contributed by atoms with Crippen LogP contribution in [0.3, 0.4) is 0 Å². The molecule has 0 radical (unpaired) electrons. The maximum absolute atomic E-state index is 5.44. The van der Waals surface area contributed by atoms with Gasteiger partial charge >= 0.3 is 0 Å². The molecule has 148 valence electrons. The third-order valence-corrected chi connectivity index (χ3v) is 5.64. The summed E-state index contributed by atoms with van der Waals surface area (Å²) in [4.78, 5) is 4.75. The second-order valence-corrected chi connectivity index (χ2v) is 7.34. The zero-order valence-corrected chi connectivity index (χ0v) is 19.4. The molecular formula is C19H32IN3O2S. The van der Waals surface area contributed by atoms with Crippen LogP contribution in [-0.2, 0) is 6.42 Å². The van der Waals surface area contributed by atoms with Gasteiger partial charge in [0.15, 0.2) is 5.96 Å². The number of hydrogen-bond donors (Lipinski definition) is 2. The maximum Gasteiger partial charge on any atom is 0.191 e. The van der Waals surface area contributed by atoms with Gasteiger partial charge in [0.25, 0.3) is 0 Å². The number of methoxy groups -OCH3 is 2. The summed E-state index contributed by atoms with van der Waals surface area (Å²) in [5, 5.41) is 7.72. The van der Waals surface area contributed by atoms with E-state index >= 15 is 0 Å². The van der Waals surface area contributed by atoms with E-state index in [9.17, 15) is 0 Å². The highest BCUT2D eigenvalue weighted by atomic mass is 127. The molecule has 1 aliphatic carbocycles. The van der Waals surface area contributed by atoms with Crippen molar-refractivity contribution < 1.29 is 9.47 Å². The van der Waals surface area contributed by atoms with Crippen molar-refractivity contribution in [2.75, 3.05) is 33.6 Å². The summed E-state index contributed by atoms with van der Waals surface area (Å²) < 4.78 is 10.8. The van der Waals surface area contributed by atoms with Gasteiger partial charge in [0.2, 0.25) is 0 Å². The Bertz CT molecular complexity index is 572. The standard InChI is InChI=1S/C19H31N3O2S.HI/c1-5-20-19(22-15-6-8-17(13-15)25-4)21-11-10-14-12-16(23-2)7-9-18(14)24-3;/h7,9,12,15,17H,5-6,8,10-11,13H2,1-4H3,(H2,20,21,22);1H. The molecule has 7 heteroatoms. The molecule has 2 unspecified atom stereocenters. The first-order valence-electron chi connectivity index (χ1n) is 8.98. The van der Waals surface area contributed by atoms with Crippen LogP contribution in [-0.4, -0.2) is 50.8 Å². The molecule has 5 nitrogen and oxygen atoms in total. The molecule has 0 aliphatic heterocycles. The minimum Gasteiger partial charge on any atom is -0.497 e. The van der Waals surface area contributed by atoms with E-state index in [1.54, 1.807) is 14.2 Å². The minimum absolute atomic E-state index is 0. The number of halogens is 1. The molecule has 0 spiro atoms. The van der Waals surface area contributed by atoms with Gasteiger partial charge in [0.1, 0.15) is 11.5 Å². The van der Waals surface area contributed by atoms with Crippen molar-refractivity contribution >= 4 is 41.7 Å². The van der Waals surface area contributed by atoms with Gasteiger partial charge in [0, 0.05) is 24.4 Å². The maximum atomic E-state index is 5.44. The van der Waals surface area contributed by atoms with E-state index in [0.717, 1.165) is 41.2 Å². The van der Waals surface area contributed by atoms with Gasteiger partial charge in [-0.2, -0.15) is 11.8 Å². The highest BCUT2D eigenvalue weighted by Gasteiger charge is 2.24. The van der Waals surface area contributed by atoms with Crippen LogP contribution in [0.15, 0.2) is 23.2 Å². The largest absolute Gasteiger partial charge is 0.497 e. The molecule has 0 saturated heterocycles. The van der Waals surface area contributed by atoms with Crippen molar-refractivity contribution in [2.24, 2.45) is 4.99 Å². The van der Waals surface area contributed by atoms with Crippen molar-refractivity contribution in [3.8, 4) is 11.5 Å². The Morgan fingerprint density at radius 2 is 2.08 bits per heavy atom. The van der Waals surface area contributed by atoms with E-state index in [1.807, 2.05) is 30.0 Å². The number of nitrogens with one attached hydrogen (secondary N) is 2. The smallest absolute Gasteiger partial charge is 0.191 e.